The molecular weight excluding hydrogens is 482 g/mol. The van der Waals surface area contributed by atoms with Crippen molar-refractivity contribution in [2.75, 3.05) is 5.32 Å². The lowest BCUT2D eigenvalue weighted by Crippen LogP contribution is -2.28. The van der Waals surface area contributed by atoms with Gasteiger partial charge in [-0.25, -0.2) is 4.79 Å². The van der Waals surface area contributed by atoms with Gasteiger partial charge in [0.2, 0.25) is 0 Å². The molecule has 0 radical (unpaired) electrons. The van der Waals surface area contributed by atoms with Crippen molar-refractivity contribution >= 4 is 23.3 Å². The van der Waals surface area contributed by atoms with Gasteiger partial charge < -0.3 is 15.4 Å². The number of amides is 2. The van der Waals surface area contributed by atoms with Crippen LogP contribution >= 0.6 is 11.6 Å². The highest BCUT2D eigenvalue weighted by atomic mass is 35.5. The smallest absolute Gasteiger partial charge is 0.319 e. The molecule has 0 aromatic heterocycles. The maximum Gasteiger partial charge on any atom is 0.319 e. The second-order valence-corrected chi connectivity index (χ2v) is 9.58. The molecule has 37 heavy (non-hydrogen) atoms. The summed E-state index contributed by atoms with van der Waals surface area (Å²) in [6, 6.07) is 31.1. The van der Waals surface area contributed by atoms with E-state index < -0.39 is 5.92 Å². The van der Waals surface area contributed by atoms with Crippen molar-refractivity contribution in [3.63, 3.8) is 0 Å². The summed E-state index contributed by atoms with van der Waals surface area (Å²) in [5.74, 6) is 0.494. The Labute approximate surface area is 221 Å². The van der Waals surface area contributed by atoms with E-state index in [-0.39, 0.29) is 12.1 Å². The molecule has 0 bridgehead atoms. The Morgan fingerprint density at radius 1 is 1.03 bits per heavy atom. The second kappa shape index (κ2) is 10.8. The van der Waals surface area contributed by atoms with E-state index in [2.05, 4.69) is 47.9 Å². The molecule has 4 aromatic rings. The van der Waals surface area contributed by atoms with Crippen molar-refractivity contribution in [3.8, 4) is 22.9 Å². The number of ether oxygens (including phenoxy) is 1. The first-order valence-corrected chi connectivity index (χ1v) is 12.6. The van der Waals surface area contributed by atoms with E-state index in [1.54, 1.807) is 18.2 Å². The van der Waals surface area contributed by atoms with Gasteiger partial charge in [0.25, 0.3) is 0 Å². The fourth-order valence-corrected chi connectivity index (χ4v) is 4.87. The van der Waals surface area contributed by atoms with Crippen LogP contribution in [0.4, 0.5) is 10.5 Å². The number of hydrogen-bond donors (Lipinski definition) is 2. The predicted octanol–water partition coefficient (Wildman–Crippen LogP) is 7.31. The van der Waals surface area contributed by atoms with Crippen LogP contribution in [-0.4, -0.2) is 12.1 Å². The largest absolute Gasteiger partial charge is 0.490 e. The fraction of sp³-hybridized carbons (Fsp3) is 0.161. The molecule has 2 N–H and O–H groups in total. The zero-order chi connectivity index (χ0) is 25.8. The summed E-state index contributed by atoms with van der Waals surface area (Å²) in [5, 5.41) is 15.8. The van der Waals surface area contributed by atoms with Gasteiger partial charge in [-0.1, -0.05) is 78.3 Å². The molecule has 0 spiro atoms. The molecule has 6 heteroatoms. The monoisotopic (exact) mass is 507 g/mol. The average molecular weight is 508 g/mol. The number of hydrogen-bond acceptors (Lipinski definition) is 3. The highest BCUT2D eigenvalue weighted by molar-refractivity contribution is 6.31. The molecule has 5 rings (SSSR count). The number of carbonyl (C=O) groups excluding carboxylic acids is 1. The summed E-state index contributed by atoms with van der Waals surface area (Å²) in [5.41, 5.74) is 6.63. The van der Waals surface area contributed by atoms with Crippen molar-refractivity contribution < 1.29 is 9.53 Å². The summed E-state index contributed by atoms with van der Waals surface area (Å²) in [6.07, 6.45) is 1.16. The summed E-state index contributed by atoms with van der Waals surface area (Å²) in [7, 11) is 0. The van der Waals surface area contributed by atoms with Gasteiger partial charge in [-0.15, -0.1) is 0 Å². The number of rotatable bonds is 6. The van der Waals surface area contributed by atoms with E-state index in [0.29, 0.717) is 22.8 Å². The number of carbonyl (C=O) groups is 1. The van der Waals surface area contributed by atoms with Crippen LogP contribution in [0.25, 0.3) is 11.1 Å². The Balaban J connectivity index is 1.18. The van der Waals surface area contributed by atoms with Gasteiger partial charge in [-0.2, -0.15) is 5.26 Å². The summed E-state index contributed by atoms with van der Waals surface area (Å²) in [6.45, 7) is 2.47. The van der Waals surface area contributed by atoms with E-state index in [4.69, 9.17) is 16.3 Å². The standard InChI is InChI=1S/C31H26ClN3O2/c1-20-15-25-16-24(11-14-30(25)37-20)22-9-7-21(8-10-22)19-34-31(36)35-26-12-13-27(29(32)17-26)28(18-33)23-5-3-2-4-6-23/h2-14,16-17,20,28H,15,19H2,1H3,(H2,34,35,36). The Morgan fingerprint density at radius 2 is 1.78 bits per heavy atom. The van der Waals surface area contributed by atoms with Crippen molar-refractivity contribution in [3.05, 3.63) is 118 Å². The first kappa shape index (κ1) is 24.4. The first-order chi connectivity index (χ1) is 18.0. The topological polar surface area (TPSA) is 74.2 Å². The first-order valence-electron chi connectivity index (χ1n) is 12.2. The van der Waals surface area contributed by atoms with E-state index in [9.17, 15) is 10.1 Å². The predicted molar refractivity (Wildman–Crippen MR) is 147 cm³/mol. The molecule has 4 aromatic carbocycles. The van der Waals surface area contributed by atoms with Crippen LogP contribution in [0.15, 0.2) is 91.0 Å². The van der Waals surface area contributed by atoms with Crippen LogP contribution in [0.1, 0.15) is 35.1 Å². The maximum atomic E-state index is 12.5. The molecule has 1 aliphatic rings. The molecule has 0 aliphatic carbocycles. The van der Waals surface area contributed by atoms with Gasteiger partial charge in [0.05, 0.1) is 12.0 Å². The number of fused-ring (bicyclic) bond motifs is 1. The van der Waals surface area contributed by atoms with Crippen molar-refractivity contribution in [1.29, 1.82) is 5.26 Å². The van der Waals surface area contributed by atoms with Crippen LogP contribution < -0.4 is 15.4 Å². The molecular formula is C31H26ClN3O2. The van der Waals surface area contributed by atoms with E-state index >= 15 is 0 Å². The molecule has 0 saturated heterocycles. The van der Waals surface area contributed by atoms with Crippen LogP contribution in [-0.2, 0) is 13.0 Å². The quantitative estimate of drug-likeness (QED) is 0.287. The molecule has 2 atom stereocenters. The van der Waals surface area contributed by atoms with Crippen LogP contribution in [0.5, 0.6) is 5.75 Å². The molecule has 2 amide bonds. The molecule has 0 saturated carbocycles. The third-order valence-corrected chi connectivity index (χ3v) is 6.80. The molecule has 2 unspecified atom stereocenters. The van der Waals surface area contributed by atoms with Crippen LogP contribution in [0.3, 0.4) is 0 Å². The van der Waals surface area contributed by atoms with E-state index in [1.165, 1.54) is 5.56 Å². The number of benzene rings is 4. The number of nitrogens with zero attached hydrogens (tertiary/aromatic N) is 1. The van der Waals surface area contributed by atoms with Crippen molar-refractivity contribution in [2.24, 2.45) is 0 Å². The maximum absolute atomic E-state index is 12.5. The third kappa shape index (κ3) is 5.61. The number of nitriles is 1. The summed E-state index contributed by atoms with van der Waals surface area (Å²) >= 11 is 6.48. The third-order valence-electron chi connectivity index (χ3n) is 6.47. The number of halogens is 1. The minimum absolute atomic E-state index is 0.225. The number of nitrogens with one attached hydrogen (secondary N) is 2. The average Bonchev–Trinajstić information content (AvgIpc) is 3.29. The summed E-state index contributed by atoms with van der Waals surface area (Å²) < 4.78 is 5.79. The Hall–Kier alpha value is -4.27. The molecule has 1 heterocycles. The Bertz CT molecular complexity index is 1460. The molecule has 184 valence electrons. The Morgan fingerprint density at radius 3 is 2.51 bits per heavy atom. The van der Waals surface area contributed by atoms with E-state index in [1.807, 2.05) is 48.5 Å². The van der Waals surface area contributed by atoms with Crippen LogP contribution in [0, 0.1) is 11.3 Å². The lowest BCUT2D eigenvalue weighted by Gasteiger charge is -2.14. The highest BCUT2D eigenvalue weighted by Gasteiger charge is 2.19. The molecule has 0 fully saturated rings. The molecule has 5 nitrogen and oxygen atoms in total. The van der Waals surface area contributed by atoms with Crippen molar-refractivity contribution in [1.82, 2.24) is 5.32 Å². The molecule has 1 aliphatic heterocycles. The second-order valence-electron chi connectivity index (χ2n) is 9.17. The minimum Gasteiger partial charge on any atom is -0.490 e. The fourth-order valence-electron chi connectivity index (χ4n) is 4.58. The summed E-state index contributed by atoms with van der Waals surface area (Å²) in [4.78, 5) is 12.5. The van der Waals surface area contributed by atoms with Gasteiger partial charge >= 0.3 is 6.03 Å². The normalized spacial score (nSPS) is 14.7. The minimum atomic E-state index is -0.478. The van der Waals surface area contributed by atoms with Crippen molar-refractivity contribution in [2.45, 2.75) is 31.9 Å². The SMILES string of the molecule is CC1Cc2cc(-c3ccc(CNC(=O)Nc4ccc(C(C#N)c5ccccc5)c(Cl)c4)cc3)ccc2O1. The Kier molecular flexibility index (Phi) is 7.11. The van der Waals surface area contributed by atoms with Gasteiger partial charge in [-0.05, 0) is 64.6 Å². The lowest BCUT2D eigenvalue weighted by atomic mass is 9.92. The van der Waals surface area contributed by atoms with Gasteiger partial charge in [0.15, 0.2) is 0 Å². The van der Waals surface area contributed by atoms with Gasteiger partial charge in [-0.3, -0.25) is 0 Å². The van der Waals surface area contributed by atoms with Gasteiger partial charge in [0, 0.05) is 23.7 Å². The van der Waals surface area contributed by atoms with Crippen LogP contribution in [0.2, 0.25) is 5.02 Å². The van der Waals surface area contributed by atoms with E-state index in [0.717, 1.165) is 34.4 Å². The highest BCUT2D eigenvalue weighted by Crippen LogP contribution is 2.33. The zero-order valence-corrected chi connectivity index (χ0v) is 21.1. The zero-order valence-electron chi connectivity index (χ0n) is 20.4. The van der Waals surface area contributed by atoms with Gasteiger partial charge in [0.1, 0.15) is 11.9 Å². The number of anilines is 1. The number of urea groups is 1. The lowest BCUT2D eigenvalue weighted by molar-refractivity contribution is 0.251.